The van der Waals surface area contributed by atoms with E-state index in [1.165, 1.54) is 0 Å². The number of aliphatic imine (C=N–C) groups is 1. The maximum Gasteiger partial charge on any atom is 0.218 e. The lowest BCUT2D eigenvalue weighted by Gasteiger charge is -2.10. The molecule has 1 rings (SSSR count). The summed E-state index contributed by atoms with van der Waals surface area (Å²) in [5.74, 6) is 1.40. The van der Waals surface area contributed by atoms with Crippen LogP contribution in [-0.2, 0) is 6.54 Å². The van der Waals surface area contributed by atoms with E-state index in [4.69, 9.17) is 4.74 Å². The van der Waals surface area contributed by atoms with Gasteiger partial charge in [0.15, 0.2) is 5.96 Å². The lowest BCUT2D eigenvalue weighted by atomic mass is 10.3. The van der Waals surface area contributed by atoms with Crippen molar-refractivity contribution in [3.05, 3.63) is 36.5 Å². The van der Waals surface area contributed by atoms with Gasteiger partial charge in [-0.05, 0) is 19.9 Å². The summed E-state index contributed by atoms with van der Waals surface area (Å²) in [4.78, 5) is 8.70. The normalized spacial score (nSPS) is 10.9. The van der Waals surface area contributed by atoms with Gasteiger partial charge in [0.2, 0.25) is 5.88 Å². The zero-order valence-corrected chi connectivity index (χ0v) is 11.6. The Hall–Kier alpha value is -2.04. The quantitative estimate of drug-likeness (QED) is 0.446. The Morgan fingerprint density at radius 3 is 3.00 bits per heavy atom. The molecule has 0 amide bonds. The Morgan fingerprint density at radius 2 is 2.32 bits per heavy atom. The van der Waals surface area contributed by atoms with Crippen LogP contribution in [0, 0.1) is 0 Å². The Balaban J connectivity index is 2.72. The first-order chi connectivity index (χ1) is 9.31. The van der Waals surface area contributed by atoms with E-state index in [1.54, 1.807) is 12.3 Å². The van der Waals surface area contributed by atoms with Gasteiger partial charge < -0.3 is 15.4 Å². The van der Waals surface area contributed by atoms with Crippen LogP contribution in [0.25, 0.3) is 0 Å². The summed E-state index contributed by atoms with van der Waals surface area (Å²) in [7, 11) is 0. The minimum atomic E-state index is 0.523. The van der Waals surface area contributed by atoms with Crippen LogP contribution in [0.1, 0.15) is 19.4 Å². The van der Waals surface area contributed by atoms with E-state index in [9.17, 15) is 0 Å². The highest BCUT2D eigenvalue weighted by atomic mass is 16.5. The van der Waals surface area contributed by atoms with E-state index < -0.39 is 0 Å². The first-order valence-corrected chi connectivity index (χ1v) is 6.51. The van der Waals surface area contributed by atoms with Crippen LogP contribution in [0.2, 0.25) is 0 Å². The summed E-state index contributed by atoms with van der Waals surface area (Å²) in [6, 6.07) is 3.86. The van der Waals surface area contributed by atoms with Crippen molar-refractivity contribution in [1.29, 1.82) is 0 Å². The van der Waals surface area contributed by atoms with Crippen molar-refractivity contribution >= 4 is 5.96 Å². The molecule has 1 heterocycles. The zero-order valence-electron chi connectivity index (χ0n) is 11.6. The molecule has 0 radical (unpaired) electrons. The molecule has 1 aromatic heterocycles. The van der Waals surface area contributed by atoms with Crippen molar-refractivity contribution in [1.82, 2.24) is 15.6 Å². The van der Waals surface area contributed by atoms with Crippen molar-refractivity contribution in [2.24, 2.45) is 4.99 Å². The number of hydrogen-bond donors (Lipinski definition) is 2. The molecule has 0 aliphatic rings. The zero-order chi connectivity index (χ0) is 13.9. The molecule has 2 N–H and O–H groups in total. The van der Waals surface area contributed by atoms with E-state index in [0.29, 0.717) is 25.6 Å². The van der Waals surface area contributed by atoms with Crippen LogP contribution in [-0.4, -0.2) is 30.6 Å². The van der Waals surface area contributed by atoms with E-state index in [2.05, 4.69) is 27.2 Å². The fourth-order valence-electron chi connectivity index (χ4n) is 1.49. The van der Waals surface area contributed by atoms with Gasteiger partial charge in [-0.25, -0.2) is 9.98 Å². The molecule has 0 saturated heterocycles. The molecule has 0 spiro atoms. The molecule has 0 saturated carbocycles. The molecule has 104 valence electrons. The van der Waals surface area contributed by atoms with Gasteiger partial charge in [-0.2, -0.15) is 0 Å². The van der Waals surface area contributed by atoms with Crippen molar-refractivity contribution in [2.45, 2.75) is 20.4 Å². The second-order valence-corrected chi connectivity index (χ2v) is 3.77. The molecule has 5 heteroatoms. The Kier molecular flexibility index (Phi) is 7.09. The minimum Gasteiger partial charge on any atom is -0.478 e. The third-order valence-corrected chi connectivity index (χ3v) is 2.30. The Bertz CT molecular complexity index is 418. The van der Waals surface area contributed by atoms with Crippen LogP contribution in [0.4, 0.5) is 0 Å². The van der Waals surface area contributed by atoms with Gasteiger partial charge in [-0.15, -0.1) is 6.58 Å². The fraction of sp³-hybridized carbons (Fsp3) is 0.429. The number of pyridine rings is 1. The predicted octanol–water partition coefficient (Wildman–Crippen LogP) is 1.72. The number of nitrogens with one attached hydrogen (secondary N) is 2. The fourth-order valence-corrected chi connectivity index (χ4v) is 1.49. The third kappa shape index (κ3) is 5.42. The smallest absolute Gasteiger partial charge is 0.218 e. The average molecular weight is 262 g/mol. The predicted molar refractivity (Wildman–Crippen MR) is 78.4 cm³/mol. The highest BCUT2D eigenvalue weighted by Gasteiger charge is 2.03. The number of aromatic nitrogens is 1. The largest absolute Gasteiger partial charge is 0.478 e. The van der Waals surface area contributed by atoms with Crippen LogP contribution >= 0.6 is 0 Å². The van der Waals surface area contributed by atoms with Gasteiger partial charge in [0.25, 0.3) is 0 Å². The molecule has 0 atom stereocenters. The van der Waals surface area contributed by atoms with Gasteiger partial charge in [0, 0.05) is 24.8 Å². The molecule has 0 aliphatic carbocycles. The topological polar surface area (TPSA) is 58.5 Å². The first kappa shape index (κ1) is 15.0. The van der Waals surface area contributed by atoms with E-state index in [-0.39, 0.29) is 0 Å². The number of hydrogen-bond acceptors (Lipinski definition) is 3. The van der Waals surface area contributed by atoms with Crippen LogP contribution in [0.5, 0.6) is 5.88 Å². The van der Waals surface area contributed by atoms with E-state index in [1.807, 2.05) is 26.0 Å². The molecular formula is C14H22N4O. The molecule has 0 aromatic carbocycles. The second kappa shape index (κ2) is 8.97. The standard InChI is InChI=1S/C14H22N4O/c1-4-9-17-14(15-5-2)18-11-12-8-7-10-16-13(12)19-6-3/h4,7-8,10H,1,5-6,9,11H2,2-3H3,(H2,15,17,18). The average Bonchev–Trinajstić information content (AvgIpc) is 2.43. The van der Waals surface area contributed by atoms with Crippen molar-refractivity contribution in [2.75, 3.05) is 19.7 Å². The maximum atomic E-state index is 5.47. The van der Waals surface area contributed by atoms with Crippen molar-refractivity contribution in [3.8, 4) is 5.88 Å². The van der Waals surface area contributed by atoms with Gasteiger partial charge >= 0.3 is 0 Å². The molecular weight excluding hydrogens is 240 g/mol. The molecule has 1 aromatic rings. The number of ether oxygens (including phenoxy) is 1. The molecule has 0 unspecified atom stereocenters. The Labute approximate surface area is 114 Å². The summed E-state index contributed by atoms with van der Waals surface area (Å²) < 4.78 is 5.47. The summed E-state index contributed by atoms with van der Waals surface area (Å²) in [6.07, 6.45) is 3.52. The molecule has 5 nitrogen and oxygen atoms in total. The maximum absolute atomic E-state index is 5.47. The van der Waals surface area contributed by atoms with Crippen LogP contribution in [0.15, 0.2) is 36.0 Å². The van der Waals surface area contributed by atoms with Gasteiger partial charge in [-0.3, -0.25) is 0 Å². The molecule has 0 bridgehead atoms. The molecule has 0 aliphatic heterocycles. The van der Waals surface area contributed by atoms with Crippen LogP contribution in [0.3, 0.4) is 0 Å². The monoisotopic (exact) mass is 262 g/mol. The second-order valence-electron chi connectivity index (χ2n) is 3.77. The summed E-state index contributed by atoms with van der Waals surface area (Å²) >= 11 is 0. The summed E-state index contributed by atoms with van der Waals surface area (Å²) in [5.41, 5.74) is 0.972. The van der Waals surface area contributed by atoms with E-state index in [0.717, 1.165) is 18.1 Å². The number of rotatable bonds is 7. The Morgan fingerprint density at radius 1 is 1.47 bits per heavy atom. The lowest BCUT2D eigenvalue weighted by molar-refractivity contribution is 0.323. The summed E-state index contributed by atoms with van der Waals surface area (Å²) in [6.45, 7) is 10.3. The highest BCUT2D eigenvalue weighted by molar-refractivity contribution is 5.79. The van der Waals surface area contributed by atoms with Gasteiger partial charge in [0.1, 0.15) is 0 Å². The van der Waals surface area contributed by atoms with E-state index >= 15 is 0 Å². The SMILES string of the molecule is C=CCNC(=NCc1cccnc1OCC)NCC. The first-order valence-electron chi connectivity index (χ1n) is 6.51. The third-order valence-electron chi connectivity index (χ3n) is 2.30. The lowest BCUT2D eigenvalue weighted by Crippen LogP contribution is -2.37. The van der Waals surface area contributed by atoms with Crippen molar-refractivity contribution < 1.29 is 4.74 Å². The van der Waals surface area contributed by atoms with Gasteiger partial charge in [0.05, 0.1) is 13.2 Å². The number of guanidine groups is 1. The minimum absolute atomic E-state index is 0.523. The summed E-state index contributed by atoms with van der Waals surface area (Å²) in [5, 5.41) is 6.32. The van der Waals surface area contributed by atoms with Gasteiger partial charge in [-0.1, -0.05) is 12.1 Å². The van der Waals surface area contributed by atoms with Crippen LogP contribution < -0.4 is 15.4 Å². The van der Waals surface area contributed by atoms with Crippen molar-refractivity contribution in [3.63, 3.8) is 0 Å². The number of nitrogens with zero attached hydrogens (tertiary/aromatic N) is 2. The molecule has 0 fully saturated rings. The molecule has 19 heavy (non-hydrogen) atoms. The highest BCUT2D eigenvalue weighted by Crippen LogP contribution is 2.14.